The maximum atomic E-state index is 13.6. The van der Waals surface area contributed by atoms with Gasteiger partial charge in [-0.25, -0.2) is 4.98 Å². The minimum atomic E-state index is -0.0700. The van der Waals surface area contributed by atoms with E-state index >= 15 is 0 Å². The third-order valence-electron chi connectivity index (χ3n) is 5.10. The molecule has 1 amide bonds. The Morgan fingerprint density at radius 1 is 1.19 bits per heavy atom. The van der Waals surface area contributed by atoms with Gasteiger partial charge in [-0.05, 0) is 63.4 Å². The summed E-state index contributed by atoms with van der Waals surface area (Å²) >= 11 is 3.12. The van der Waals surface area contributed by atoms with Crippen LogP contribution in [0.2, 0.25) is 0 Å². The van der Waals surface area contributed by atoms with Gasteiger partial charge in [0.15, 0.2) is 5.13 Å². The molecule has 2 aromatic carbocycles. The Hall–Kier alpha value is -2.84. The van der Waals surface area contributed by atoms with Crippen molar-refractivity contribution >= 4 is 44.4 Å². The number of thiazole rings is 1. The van der Waals surface area contributed by atoms with Crippen molar-refractivity contribution in [3.63, 3.8) is 0 Å². The molecule has 32 heavy (non-hydrogen) atoms. The highest BCUT2D eigenvalue weighted by Gasteiger charge is 2.23. The number of thioether (sulfide) groups is 1. The van der Waals surface area contributed by atoms with Crippen LogP contribution in [0.5, 0.6) is 5.75 Å². The highest BCUT2D eigenvalue weighted by atomic mass is 32.2. The van der Waals surface area contributed by atoms with Gasteiger partial charge >= 0.3 is 0 Å². The molecule has 4 rings (SSSR count). The van der Waals surface area contributed by atoms with Gasteiger partial charge in [0.2, 0.25) is 0 Å². The van der Waals surface area contributed by atoms with Crippen molar-refractivity contribution in [1.82, 2.24) is 14.8 Å². The van der Waals surface area contributed by atoms with Crippen LogP contribution in [0.4, 0.5) is 5.13 Å². The molecule has 0 radical (unpaired) electrons. The maximum Gasteiger partial charge on any atom is 0.260 e. The molecule has 8 heteroatoms. The van der Waals surface area contributed by atoms with E-state index in [0.29, 0.717) is 30.4 Å². The van der Waals surface area contributed by atoms with Crippen molar-refractivity contribution in [2.24, 2.45) is 0 Å². The number of carbonyl (C=O) groups excluding carboxylic acids is 1. The Labute approximate surface area is 196 Å². The molecule has 0 fully saturated rings. The molecule has 0 atom stereocenters. The van der Waals surface area contributed by atoms with E-state index in [-0.39, 0.29) is 5.91 Å². The van der Waals surface area contributed by atoms with Crippen molar-refractivity contribution in [3.05, 3.63) is 65.5 Å². The van der Waals surface area contributed by atoms with E-state index in [1.54, 1.807) is 16.7 Å². The molecule has 0 aliphatic carbocycles. The van der Waals surface area contributed by atoms with Crippen molar-refractivity contribution in [2.45, 2.75) is 32.2 Å². The van der Waals surface area contributed by atoms with Crippen LogP contribution in [0.1, 0.15) is 28.7 Å². The van der Waals surface area contributed by atoms with E-state index in [0.717, 1.165) is 32.2 Å². The molecular formula is C24H26N4O2S2. The van der Waals surface area contributed by atoms with Crippen LogP contribution < -0.4 is 9.64 Å². The molecule has 2 heterocycles. The lowest BCUT2D eigenvalue weighted by atomic mass is 10.2. The normalized spacial score (nSPS) is 11.1. The molecule has 6 nitrogen and oxygen atoms in total. The molecule has 2 aromatic heterocycles. The first-order valence-corrected chi connectivity index (χ1v) is 12.5. The molecule has 0 bridgehead atoms. The number of aromatic nitrogens is 3. The molecule has 0 aliphatic heterocycles. The third-order valence-corrected chi connectivity index (χ3v) is 6.87. The summed E-state index contributed by atoms with van der Waals surface area (Å²) in [4.78, 5) is 21.3. The summed E-state index contributed by atoms with van der Waals surface area (Å²) in [5.41, 5.74) is 3.47. The van der Waals surface area contributed by atoms with Gasteiger partial charge in [-0.1, -0.05) is 23.5 Å². The molecule has 0 saturated heterocycles. The van der Waals surface area contributed by atoms with E-state index in [2.05, 4.69) is 5.10 Å². The first kappa shape index (κ1) is 22.4. The molecular weight excluding hydrogens is 440 g/mol. The van der Waals surface area contributed by atoms with Crippen LogP contribution in [-0.4, -0.2) is 40.1 Å². The van der Waals surface area contributed by atoms with Gasteiger partial charge in [0.25, 0.3) is 5.91 Å². The van der Waals surface area contributed by atoms with Crippen LogP contribution >= 0.6 is 23.1 Å². The van der Waals surface area contributed by atoms with Crippen LogP contribution in [-0.2, 0) is 6.54 Å². The topological polar surface area (TPSA) is 60.2 Å². The molecule has 166 valence electrons. The highest BCUT2D eigenvalue weighted by molar-refractivity contribution is 7.98. The Morgan fingerprint density at radius 2 is 2.00 bits per heavy atom. The van der Waals surface area contributed by atoms with E-state index in [4.69, 9.17) is 9.72 Å². The van der Waals surface area contributed by atoms with E-state index in [1.807, 2.05) is 80.2 Å². The number of rotatable bonds is 8. The smallest absolute Gasteiger partial charge is 0.260 e. The second kappa shape index (κ2) is 9.75. The molecule has 0 spiro atoms. The fourth-order valence-electron chi connectivity index (χ4n) is 3.59. The summed E-state index contributed by atoms with van der Waals surface area (Å²) in [7, 11) is 0. The van der Waals surface area contributed by atoms with Gasteiger partial charge in [-0.2, -0.15) is 5.10 Å². The van der Waals surface area contributed by atoms with Crippen LogP contribution in [0.3, 0.4) is 0 Å². The Balaban J connectivity index is 1.72. The lowest BCUT2D eigenvalue weighted by Gasteiger charge is -2.20. The molecule has 0 unspecified atom stereocenters. The first-order valence-electron chi connectivity index (χ1n) is 10.5. The summed E-state index contributed by atoms with van der Waals surface area (Å²) in [5.74, 6) is 0.669. The van der Waals surface area contributed by atoms with Gasteiger partial charge < -0.3 is 4.74 Å². The Bertz CT molecular complexity index is 1250. The van der Waals surface area contributed by atoms with E-state index < -0.39 is 0 Å². The molecule has 0 aliphatic rings. The number of benzene rings is 2. The Kier molecular flexibility index (Phi) is 6.81. The van der Waals surface area contributed by atoms with Crippen molar-refractivity contribution in [3.8, 4) is 5.75 Å². The zero-order valence-corrected chi connectivity index (χ0v) is 20.3. The quantitative estimate of drug-likeness (QED) is 0.317. The molecule has 0 saturated carbocycles. The summed E-state index contributed by atoms with van der Waals surface area (Å²) in [5, 5.41) is 5.22. The number of fused-ring (bicyclic) bond motifs is 1. The number of ether oxygens (including phenoxy) is 1. The predicted octanol–water partition coefficient (Wildman–Crippen LogP) is 5.58. The summed E-state index contributed by atoms with van der Waals surface area (Å²) in [6.07, 6.45) is 2.01. The van der Waals surface area contributed by atoms with Crippen molar-refractivity contribution < 1.29 is 9.53 Å². The average Bonchev–Trinajstić information content (AvgIpc) is 3.37. The zero-order valence-electron chi connectivity index (χ0n) is 18.7. The average molecular weight is 467 g/mol. The number of para-hydroxylation sites is 1. The van der Waals surface area contributed by atoms with Gasteiger partial charge in [0, 0.05) is 22.7 Å². The number of amides is 1. The van der Waals surface area contributed by atoms with Crippen LogP contribution in [0.15, 0.2) is 53.4 Å². The van der Waals surface area contributed by atoms with Gasteiger partial charge in [-0.15, -0.1) is 11.8 Å². The number of aryl methyl sites for hydroxylation is 2. The lowest BCUT2D eigenvalue weighted by Crippen LogP contribution is -2.34. The lowest BCUT2D eigenvalue weighted by molar-refractivity contribution is 0.0985. The zero-order chi connectivity index (χ0) is 22.7. The minimum Gasteiger partial charge on any atom is -0.492 e. The van der Waals surface area contributed by atoms with Crippen LogP contribution in [0.25, 0.3) is 10.2 Å². The van der Waals surface area contributed by atoms with Crippen molar-refractivity contribution in [1.29, 1.82) is 0 Å². The second-order valence-corrected chi connectivity index (χ2v) is 9.26. The van der Waals surface area contributed by atoms with Crippen molar-refractivity contribution in [2.75, 3.05) is 24.3 Å². The number of hydrogen-bond donors (Lipinski definition) is 0. The van der Waals surface area contributed by atoms with Gasteiger partial charge in [0.1, 0.15) is 11.3 Å². The number of hydrogen-bond acceptors (Lipinski definition) is 6. The SMILES string of the molecule is CCOc1cccc2sc(N(CCn3nc(C)cc3C)C(=O)c3cccc(SC)c3)nc12. The number of carbonyl (C=O) groups is 1. The maximum absolute atomic E-state index is 13.6. The largest absolute Gasteiger partial charge is 0.492 e. The van der Waals surface area contributed by atoms with E-state index in [1.165, 1.54) is 11.3 Å². The standard InChI is InChI=1S/C24H26N4O2S2/c1-5-30-20-10-7-11-21-22(20)25-24(32-21)27(12-13-28-17(3)14-16(2)26-28)23(29)18-8-6-9-19(15-18)31-4/h6-11,14-15H,5,12-13H2,1-4H3. The highest BCUT2D eigenvalue weighted by Crippen LogP contribution is 2.35. The number of nitrogens with zero attached hydrogens (tertiary/aromatic N) is 4. The minimum absolute atomic E-state index is 0.0700. The van der Waals surface area contributed by atoms with Gasteiger partial charge in [0.05, 0.1) is 23.5 Å². The molecule has 0 N–H and O–H groups in total. The monoisotopic (exact) mass is 466 g/mol. The summed E-state index contributed by atoms with van der Waals surface area (Å²) < 4.78 is 8.69. The fourth-order valence-corrected chi connectivity index (χ4v) is 5.06. The predicted molar refractivity (Wildman–Crippen MR) is 132 cm³/mol. The van der Waals surface area contributed by atoms with Gasteiger partial charge in [-0.3, -0.25) is 14.4 Å². The number of anilines is 1. The summed E-state index contributed by atoms with van der Waals surface area (Å²) in [6.45, 7) is 7.57. The fraction of sp³-hybridized carbons (Fsp3) is 0.292. The second-order valence-electron chi connectivity index (χ2n) is 7.37. The van der Waals surface area contributed by atoms with Crippen LogP contribution in [0, 0.1) is 13.8 Å². The summed E-state index contributed by atoms with van der Waals surface area (Å²) in [6, 6.07) is 15.6. The first-order chi connectivity index (χ1) is 15.5. The third kappa shape index (κ3) is 4.66. The van der Waals surface area contributed by atoms with E-state index in [9.17, 15) is 4.79 Å². The Morgan fingerprint density at radius 3 is 2.72 bits per heavy atom. The molecule has 4 aromatic rings.